The molecule has 0 fully saturated rings. The van der Waals surface area contributed by atoms with Gasteiger partial charge in [-0.1, -0.05) is 13.3 Å². The number of nitrogens with two attached hydrogens (primary N) is 1. The minimum Gasteiger partial charge on any atom is -0.396 e. The molecule has 0 aromatic carbocycles. The van der Waals surface area contributed by atoms with E-state index in [1.807, 2.05) is 6.92 Å². The van der Waals surface area contributed by atoms with Gasteiger partial charge in [-0.25, -0.2) is 0 Å². The lowest BCUT2D eigenvalue weighted by Gasteiger charge is -2.21. The van der Waals surface area contributed by atoms with Crippen LogP contribution in [-0.4, -0.2) is 22.5 Å². The third kappa shape index (κ3) is 6.28. The Kier molecular flexibility index (Phi) is 5.46. The van der Waals surface area contributed by atoms with Crippen molar-refractivity contribution in [2.24, 2.45) is 5.73 Å². The van der Waals surface area contributed by atoms with Crippen LogP contribution in [-0.2, 0) is 0 Å². The SMILES string of the molecule is CCCC(N)(O)CCCCO. The molecule has 0 bridgehead atoms. The van der Waals surface area contributed by atoms with Crippen molar-refractivity contribution in [3.05, 3.63) is 0 Å². The van der Waals surface area contributed by atoms with Crippen LogP contribution in [0.25, 0.3) is 0 Å². The molecule has 68 valence electrons. The summed E-state index contributed by atoms with van der Waals surface area (Å²) in [7, 11) is 0. The van der Waals surface area contributed by atoms with Crippen LogP contribution in [0.4, 0.5) is 0 Å². The van der Waals surface area contributed by atoms with Gasteiger partial charge in [0.1, 0.15) is 5.72 Å². The fourth-order valence-corrected chi connectivity index (χ4v) is 1.10. The maximum Gasteiger partial charge on any atom is 0.113 e. The van der Waals surface area contributed by atoms with Crippen molar-refractivity contribution in [2.45, 2.75) is 44.8 Å². The quantitative estimate of drug-likeness (QED) is 0.394. The molecule has 0 aliphatic carbocycles. The van der Waals surface area contributed by atoms with Crippen molar-refractivity contribution in [1.29, 1.82) is 0 Å². The van der Waals surface area contributed by atoms with Crippen molar-refractivity contribution >= 4 is 0 Å². The smallest absolute Gasteiger partial charge is 0.113 e. The molecule has 4 N–H and O–H groups in total. The first-order valence-electron chi connectivity index (χ1n) is 4.24. The van der Waals surface area contributed by atoms with Crippen LogP contribution in [0.5, 0.6) is 0 Å². The van der Waals surface area contributed by atoms with E-state index >= 15 is 0 Å². The third-order valence-corrected chi connectivity index (χ3v) is 1.70. The van der Waals surface area contributed by atoms with Crippen molar-refractivity contribution < 1.29 is 10.2 Å². The highest BCUT2D eigenvalue weighted by atomic mass is 16.3. The zero-order valence-electron chi connectivity index (χ0n) is 7.21. The minimum atomic E-state index is -1.01. The molecule has 0 spiro atoms. The second-order valence-electron chi connectivity index (χ2n) is 3.03. The predicted molar refractivity (Wildman–Crippen MR) is 45.0 cm³/mol. The van der Waals surface area contributed by atoms with Gasteiger partial charge in [-0.2, -0.15) is 0 Å². The number of rotatable bonds is 6. The van der Waals surface area contributed by atoms with Crippen molar-refractivity contribution in [3.8, 4) is 0 Å². The fraction of sp³-hybridized carbons (Fsp3) is 1.00. The highest BCUT2D eigenvalue weighted by molar-refractivity contribution is 4.69. The second-order valence-corrected chi connectivity index (χ2v) is 3.03. The highest BCUT2D eigenvalue weighted by Crippen LogP contribution is 2.13. The summed E-state index contributed by atoms with van der Waals surface area (Å²) >= 11 is 0. The molecule has 1 atom stereocenters. The lowest BCUT2D eigenvalue weighted by atomic mass is 10.0. The molecule has 0 aromatic rings. The van der Waals surface area contributed by atoms with E-state index in [0.29, 0.717) is 12.8 Å². The molecule has 3 heteroatoms. The summed E-state index contributed by atoms with van der Waals surface area (Å²) in [6.07, 6.45) is 3.64. The molecule has 0 saturated heterocycles. The largest absolute Gasteiger partial charge is 0.396 e. The Labute approximate surface area is 68.2 Å². The standard InChI is InChI=1S/C8H19NO2/c1-2-5-8(9,11)6-3-4-7-10/h10-11H,2-7,9H2,1H3. The summed E-state index contributed by atoms with van der Waals surface area (Å²) in [4.78, 5) is 0. The average molecular weight is 161 g/mol. The third-order valence-electron chi connectivity index (χ3n) is 1.70. The molecule has 1 unspecified atom stereocenters. The van der Waals surface area contributed by atoms with Gasteiger partial charge in [0, 0.05) is 6.61 Å². The average Bonchev–Trinajstić information content (AvgIpc) is 1.87. The van der Waals surface area contributed by atoms with Gasteiger partial charge in [-0.15, -0.1) is 0 Å². The van der Waals surface area contributed by atoms with Crippen LogP contribution in [0.3, 0.4) is 0 Å². The maximum atomic E-state index is 9.44. The van der Waals surface area contributed by atoms with E-state index in [4.69, 9.17) is 10.8 Å². The molecule has 0 saturated carbocycles. The Balaban J connectivity index is 3.38. The zero-order valence-corrected chi connectivity index (χ0v) is 7.21. The van der Waals surface area contributed by atoms with Gasteiger partial charge in [0.25, 0.3) is 0 Å². The number of hydrogen-bond acceptors (Lipinski definition) is 3. The lowest BCUT2D eigenvalue weighted by Crippen LogP contribution is -2.39. The molecule has 3 nitrogen and oxygen atoms in total. The van der Waals surface area contributed by atoms with E-state index in [-0.39, 0.29) is 6.61 Å². The molecule has 0 aliphatic heterocycles. The van der Waals surface area contributed by atoms with Gasteiger partial charge in [0.2, 0.25) is 0 Å². The Morgan fingerprint density at radius 1 is 1.27 bits per heavy atom. The van der Waals surface area contributed by atoms with Gasteiger partial charge >= 0.3 is 0 Å². The summed E-state index contributed by atoms with van der Waals surface area (Å²) in [5.41, 5.74) is 4.53. The van der Waals surface area contributed by atoms with E-state index in [1.54, 1.807) is 0 Å². The first-order valence-corrected chi connectivity index (χ1v) is 4.24. The monoisotopic (exact) mass is 161 g/mol. The zero-order chi connectivity index (χ0) is 8.74. The highest BCUT2D eigenvalue weighted by Gasteiger charge is 2.17. The summed E-state index contributed by atoms with van der Waals surface area (Å²) in [5, 5.41) is 17.9. The number of aliphatic hydroxyl groups is 2. The number of aliphatic hydroxyl groups excluding tert-OH is 1. The summed E-state index contributed by atoms with van der Waals surface area (Å²) in [5.74, 6) is 0. The Morgan fingerprint density at radius 2 is 1.91 bits per heavy atom. The minimum absolute atomic E-state index is 0.183. The van der Waals surface area contributed by atoms with E-state index in [9.17, 15) is 5.11 Å². The molecule has 11 heavy (non-hydrogen) atoms. The number of unbranched alkanes of at least 4 members (excludes halogenated alkanes) is 1. The summed E-state index contributed by atoms with van der Waals surface area (Å²) < 4.78 is 0. The number of hydrogen-bond donors (Lipinski definition) is 3. The fourth-order valence-electron chi connectivity index (χ4n) is 1.10. The summed E-state index contributed by atoms with van der Waals surface area (Å²) in [6, 6.07) is 0. The van der Waals surface area contributed by atoms with Crippen molar-refractivity contribution in [2.75, 3.05) is 6.61 Å². The molecule has 0 amide bonds. The lowest BCUT2D eigenvalue weighted by molar-refractivity contribution is 0.0250. The molecule has 0 radical (unpaired) electrons. The van der Waals surface area contributed by atoms with Crippen molar-refractivity contribution in [3.63, 3.8) is 0 Å². The van der Waals surface area contributed by atoms with E-state index < -0.39 is 5.72 Å². The van der Waals surface area contributed by atoms with E-state index in [1.165, 1.54) is 0 Å². The van der Waals surface area contributed by atoms with Crippen LogP contribution in [0.2, 0.25) is 0 Å². The molecule has 0 aliphatic rings. The predicted octanol–water partition coefficient (Wildman–Crippen LogP) is 0.596. The van der Waals surface area contributed by atoms with E-state index in [2.05, 4.69) is 0 Å². The van der Waals surface area contributed by atoms with Gasteiger partial charge in [-0.05, 0) is 25.7 Å². The van der Waals surface area contributed by atoms with Gasteiger partial charge in [-0.3, -0.25) is 0 Å². The van der Waals surface area contributed by atoms with Gasteiger partial charge in [0.05, 0.1) is 0 Å². The Bertz CT molecular complexity index is 94.1. The van der Waals surface area contributed by atoms with Crippen molar-refractivity contribution in [1.82, 2.24) is 0 Å². The summed E-state index contributed by atoms with van der Waals surface area (Å²) in [6.45, 7) is 2.17. The van der Waals surface area contributed by atoms with Crippen LogP contribution in [0.15, 0.2) is 0 Å². The van der Waals surface area contributed by atoms with Gasteiger partial charge in [0.15, 0.2) is 0 Å². The molecular weight excluding hydrogens is 142 g/mol. The Hall–Kier alpha value is -0.120. The normalized spacial score (nSPS) is 16.4. The van der Waals surface area contributed by atoms with Crippen LogP contribution < -0.4 is 5.73 Å². The Morgan fingerprint density at radius 3 is 2.36 bits per heavy atom. The van der Waals surface area contributed by atoms with Gasteiger partial charge < -0.3 is 15.9 Å². The second kappa shape index (κ2) is 5.52. The molecule has 0 aromatic heterocycles. The molecular formula is C8H19NO2. The first kappa shape index (κ1) is 10.9. The van der Waals surface area contributed by atoms with Crippen LogP contribution in [0.1, 0.15) is 39.0 Å². The van der Waals surface area contributed by atoms with Crippen LogP contribution in [0, 0.1) is 0 Å². The molecule has 0 rings (SSSR count). The molecule has 0 heterocycles. The maximum absolute atomic E-state index is 9.44. The topological polar surface area (TPSA) is 66.5 Å². The van der Waals surface area contributed by atoms with E-state index in [0.717, 1.165) is 19.3 Å². The van der Waals surface area contributed by atoms with Crippen LogP contribution >= 0.6 is 0 Å². The first-order chi connectivity index (χ1) is 5.12.